The number of nitrogens with zero attached hydrogens (tertiary/aromatic N) is 3. The fourth-order valence-electron chi connectivity index (χ4n) is 2.53. The Hall–Kier alpha value is -3.90. The van der Waals surface area contributed by atoms with Crippen molar-refractivity contribution in [3.8, 4) is 11.3 Å². The van der Waals surface area contributed by atoms with Gasteiger partial charge in [-0.1, -0.05) is 0 Å². The first-order valence-electron chi connectivity index (χ1n) is 8.93. The van der Waals surface area contributed by atoms with E-state index in [4.69, 9.17) is 10.2 Å². The van der Waals surface area contributed by atoms with Gasteiger partial charge in [-0.2, -0.15) is 4.39 Å². The van der Waals surface area contributed by atoms with Crippen LogP contribution >= 0.6 is 0 Å². The van der Waals surface area contributed by atoms with E-state index >= 15 is 0 Å². The summed E-state index contributed by atoms with van der Waals surface area (Å²) in [5, 5.41) is 18.6. The van der Waals surface area contributed by atoms with E-state index in [-0.39, 0.29) is 16.2 Å². The number of hydrogen-bond acceptors (Lipinski definition) is 7. The van der Waals surface area contributed by atoms with Gasteiger partial charge in [-0.3, -0.25) is 4.98 Å². The van der Waals surface area contributed by atoms with Gasteiger partial charge in [0.1, 0.15) is 4.90 Å². The van der Waals surface area contributed by atoms with E-state index in [0.29, 0.717) is 24.3 Å². The molecule has 0 saturated carbocycles. The third-order valence-electron chi connectivity index (χ3n) is 3.82. The van der Waals surface area contributed by atoms with Gasteiger partial charge >= 0.3 is 11.9 Å². The normalized spacial score (nSPS) is 11.1. The molecule has 0 fully saturated rings. The maximum atomic E-state index is 14.1. The Kier molecular flexibility index (Phi) is 8.32. The maximum Gasteiger partial charge on any atom is 0.328 e. The fraction of sp³-hybridized carbons (Fsp3) is 0.100. The van der Waals surface area contributed by atoms with Crippen LogP contribution in [0, 0.1) is 5.95 Å². The lowest BCUT2D eigenvalue weighted by Crippen LogP contribution is -2.14. The standard InChI is InChI=1S/C16H15FN4O2S.C4H4O4/c1-18-9-12-8-15(14-5-3-7-20-16(14)17)21(11-12)24(22,23)13-4-2-6-19-10-13;5-3(6)1-2-4(7)8/h2-8,10-11,18H,9H2,1H3;1-2H,(H,5,6)(H,7,8)/b;2-1+. The predicted molar refractivity (Wildman–Crippen MR) is 112 cm³/mol. The molecule has 0 aromatic carbocycles. The smallest absolute Gasteiger partial charge is 0.328 e. The van der Waals surface area contributed by atoms with E-state index in [2.05, 4.69) is 15.3 Å². The lowest BCUT2D eigenvalue weighted by atomic mass is 10.2. The van der Waals surface area contributed by atoms with Crippen LogP contribution in [0.15, 0.2) is 72.2 Å². The van der Waals surface area contributed by atoms with Gasteiger partial charge in [0.2, 0.25) is 5.95 Å². The Morgan fingerprint density at radius 2 is 1.81 bits per heavy atom. The van der Waals surface area contributed by atoms with Crippen LogP contribution in [0.3, 0.4) is 0 Å². The van der Waals surface area contributed by atoms with E-state index < -0.39 is 27.9 Å². The van der Waals surface area contributed by atoms with E-state index in [1.807, 2.05) is 0 Å². The SMILES string of the molecule is CNCc1cc(-c2cccnc2F)n(S(=O)(=O)c2cccnc2)c1.O=C(O)/C=C/C(=O)O. The van der Waals surface area contributed by atoms with Crippen molar-refractivity contribution in [2.24, 2.45) is 0 Å². The minimum Gasteiger partial charge on any atom is -0.478 e. The second-order valence-corrected chi connectivity index (χ2v) is 7.92. The largest absolute Gasteiger partial charge is 0.478 e. The first-order valence-corrected chi connectivity index (χ1v) is 10.4. The number of hydrogen-bond donors (Lipinski definition) is 3. The molecule has 0 bridgehead atoms. The van der Waals surface area contributed by atoms with Gasteiger partial charge in [0.25, 0.3) is 10.0 Å². The summed E-state index contributed by atoms with van der Waals surface area (Å²) in [7, 11) is -2.15. The average molecular weight is 462 g/mol. The molecule has 168 valence electrons. The second kappa shape index (κ2) is 10.9. The van der Waals surface area contributed by atoms with Crippen LogP contribution in [0.5, 0.6) is 0 Å². The molecule has 0 aliphatic heterocycles. The topological polar surface area (TPSA) is 151 Å². The van der Waals surface area contributed by atoms with E-state index in [0.717, 1.165) is 3.97 Å². The van der Waals surface area contributed by atoms with Crippen molar-refractivity contribution in [1.82, 2.24) is 19.3 Å². The van der Waals surface area contributed by atoms with Crippen molar-refractivity contribution >= 4 is 22.0 Å². The summed E-state index contributed by atoms with van der Waals surface area (Å²) in [5.74, 6) is -3.24. The summed E-state index contributed by atoms with van der Waals surface area (Å²) >= 11 is 0. The first-order chi connectivity index (χ1) is 15.2. The molecule has 0 amide bonds. The highest BCUT2D eigenvalue weighted by Gasteiger charge is 2.23. The highest BCUT2D eigenvalue weighted by Crippen LogP contribution is 2.28. The zero-order valence-corrected chi connectivity index (χ0v) is 17.5. The Morgan fingerprint density at radius 1 is 1.16 bits per heavy atom. The van der Waals surface area contributed by atoms with Crippen LogP contribution in [0.25, 0.3) is 11.3 Å². The zero-order valence-electron chi connectivity index (χ0n) is 16.7. The molecule has 32 heavy (non-hydrogen) atoms. The van der Waals surface area contributed by atoms with Gasteiger partial charge in [-0.25, -0.2) is 27.0 Å². The van der Waals surface area contributed by atoms with Crippen molar-refractivity contribution in [3.63, 3.8) is 0 Å². The van der Waals surface area contributed by atoms with Gasteiger partial charge in [-0.05, 0) is 42.9 Å². The van der Waals surface area contributed by atoms with E-state index in [1.54, 1.807) is 19.2 Å². The Balaban J connectivity index is 0.000000390. The molecule has 12 heteroatoms. The van der Waals surface area contributed by atoms with Crippen LogP contribution in [0.1, 0.15) is 5.56 Å². The molecular weight excluding hydrogens is 443 g/mol. The van der Waals surface area contributed by atoms with Crippen LogP contribution in [0.2, 0.25) is 0 Å². The number of carboxylic acids is 2. The van der Waals surface area contributed by atoms with Gasteiger partial charge in [-0.15, -0.1) is 0 Å². The van der Waals surface area contributed by atoms with Crippen molar-refractivity contribution in [3.05, 3.63) is 78.8 Å². The molecule has 3 aromatic rings. The van der Waals surface area contributed by atoms with Crippen LogP contribution in [-0.2, 0) is 26.2 Å². The molecule has 0 saturated heterocycles. The Labute approximate surface area is 182 Å². The van der Waals surface area contributed by atoms with Crippen LogP contribution in [-0.4, -0.2) is 51.6 Å². The maximum absolute atomic E-state index is 14.1. The molecular formula is C20H19FN4O6S. The number of aliphatic carboxylic acids is 2. The quantitative estimate of drug-likeness (QED) is 0.352. The third kappa shape index (κ3) is 6.30. The average Bonchev–Trinajstić information content (AvgIpc) is 3.18. The fourth-order valence-corrected chi connectivity index (χ4v) is 3.88. The molecule has 3 aromatic heterocycles. The summed E-state index contributed by atoms with van der Waals surface area (Å²) in [6, 6.07) is 7.67. The molecule has 0 aliphatic carbocycles. The number of pyridine rings is 2. The predicted octanol–water partition coefficient (Wildman–Crippen LogP) is 1.75. The molecule has 0 unspecified atom stereocenters. The van der Waals surface area contributed by atoms with Crippen molar-refractivity contribution < 1.29 is 32.6 Å². The number of carbonyl (C=O) groups is 2. The van der Waals surface area contributed by atoms with Crippen molar-refractivity contribution in [1.29, 1.82) is 0 Å². The Bertz CT molecular complexity index is 1210. The minimum atomic E-state index is -3.90. The summed E-state index contributed by atoms with van der Waals surface area (Å²) in [6.45, 7) is 0.449. The highest BCUT2D eigenvalue weighted by atomic mass is 32.2. The lowest BCUT2D eigenvalue weighted by Gasteiger charge is -2.10. The van der Waals surface area contributed by atoms with E-state index in [9.17, 15) is 22.4 Å². The number of nitrogens with one attached hydrogen (secondary N) is 1. The summed E-state index contributed by atoms with van der Waals surface area (Å²) in [5.41, 5.74) is 1.05. The molecule has 0 spiro atoms. The van der Waals surface area contributed by atoms with Gasteiger partial charge in [0.15, 0.2) is 0 Å². The monoisotopic (exact) mass is 462 g/mol. The van der Waals surface area contributed by atoms with E-state index in [1.165, 1.54) is 43.0 Å². The van der Waals surface area contributed by atoms with Gasteiger partial charge in [0.05, 0.1) is 11.3 Å². The summed E-state index contributed by atoms with van der Waals surface area (Å²) in [4.78, 5) is 26.6. The van der Waals surface area contributed by atoms with Crippen molar-refractivity contribution in [2.75, 3.05) is 7.05 Å². The van der Waals surface area contributed by atoms with Gasteiger partial charge in [0, 0.05) is 43.5 Å². The molecule has 0 aliphatic rings. The molecule has 3 N–H and O–H groups in total. The second-order valence-electron chi connectivity index (χ2n) is 6.11. The molecule has 3 heterocycles. The van der Waals surface area contributed by atoms with Crippen molar-refractivity contribution in [2.45, 2.75) is 11.4 Å². The molecule has 3 rings (SSSR count). The number of carboxylic acid groups (broad SMARTS) is 2. The zero-order chi connectivity index (χ0) is 23.7. The first kappa shape index (κ1) is 24.4. The number of halogens is 1. The molecule has 10 nitrogen and oxygen atoms in total. The minimum absolute atomic E-state index is 0.0298. The van der Waals surface area contributed by atoms with Gasteiger partial charge < -0.3 is 15.5 Å². The lowest BCUT2D eigenvalue weighted by molar-refractivity contribution is -0.134. The summed E-state index contributed by atoms with van der Waals surface area (Å²) in [6.07, 6.45) is 6.65. The number of rotatable bonds is 7. The van der Waals surface area contributed by atoms with Crippen LogP contribution < -0.4 is 5.32 Å². The Morgan fingerprint density at radius 3 is 2.34 bits per heavy atom. The molecule has 0 radical (unpaired) electrons. The van der Waals surface area contributed by atoms with Crippen LogP contribution in [0.4, 0.5) is 4.39 Å². The highest BCUT2D eigenvalue weighted by molar-refractivity contribution is 7.90. The number of aromatic nitrogens is 3. The third-order valence-corrected chi connectivity index (χ3v) is 5.48. The molecule has 0 atom stereocenters. The summed E-state index contributed by atoms with van der Waals surface area (Å²) < 4.78 is 41.0.